The summed E-state index contributed by atoms with van der Waals surface area (Å²) in [6, 6.07) is 0. The number of esters is 2. The first kappa shape index (κ1) is 71.6. The molecule has 32 nitrogen and oxygen atoms in total. The maximum atomic E-state index is 13.4. The highest BCUT2D eigenvalue weighted by molar-refractivity contribution is 6.39. The number of phenolic OH excluding ortho intramolecular Hbond substituents is 2. The minimum absolute atomic E-state index is 0.0108. The molecule has 0 bridgehead atoms. The van der Waals surface area contributed by atoms with Gasteiger partial charge in [-0.1, -0.05) is 37.0 Å². The fourth-order valence-corrected chi connectivity index (χ4v) is 14.6. The van der Waals surface area contributed by atoms with E-state index >= 15 is 0 Å². The van der Waals surface area contributed by atoms with Gasteiger partial charge in [-0.05, 0) is 61.0 Å². The van der Waals surface area contributed by atoms with Crippen LogP contribution >= 0.6 is 23.2 Å². The van der Waals surface area contributed by atoms with E-state index in [9.17, 15) is 55.5 Å². The molecule has 2 unspecified atom stereocenters. The van der Waals surface area contributed by atoms with Crippen molar-refractivity contribution in [1.82, 2.24) is 0 Å². The minimum atomic E-state index is -2.04. The number of aliphatic hydroxyl groups excluding tert-OH is 6. The number of phenols is 2. The third-order valence-corrected chi connectivity index (χ3v) is 19.9. The number of carbonyl (C=O) groups excluding carboxylic acids is 2. The summed E-state index contributed by atoms with van der Waals surface area (Å²) in [6.45, 7) is 14.8. The van der Waals surface area contributed by atoms with Gasteiger partial charge in [0.25, 0.3) is 5.97 Å². The first-order valence-corrected chi connectivity index (χ1v) is 31.9. The lowest BCUT2D eigenvalue weighted by Gasteiger charge is -2.51. The zero-order chi connectivity index (χ0) is 67.5. The number of ether oxygens (including phenoxy) is 21. The Labute approximate surface area is 544 Å². The van der Waals surface area contributed by atoms with Crippen LogP contribution in [0, 0.1) is 12.8 Å². The molecule has 32 atom stereocenters. The fourth-order valence-electron chi connectivity index (χ4n) is 14.2. The van der Waals surface area contributed by atoms with Gasteiger partial charge in [0.05, 0.1) is 79.4 Å². The van der Waals surface area contributed by atoms with Gasteiger partial charge < -0.3 is 145 Å². The van der Waals surface area contributed by atoms with Crippen LogP contribution in [-0.4, -0.2) is 287 Å². The number of aliphatic hydroxyl groups is 7. The topological polar surface area (TPSA) is 410 Å². The molecule has 93 heavy (non-hydrogen) atoms. The lowest BCUT2D eigenvalue weighted by atomic mass is 9.80. The van der Waals surface area contributed by atoms with Crippen molar-refractivity contribution in [1.29, 1.82) is 0 Å². The van der Waals surface area contributed by atoms with Crippen LogP contribution in [0.25, 0.3) is 0 Å². The number of hydrogen-bond donors (Lipinski definition) is 9. The predicted molar refractivity (Wildman–Crippen MR) is 304 cm³/mol. The molecule has 10 aliphatic heterocycles. The van der Waals surface area contributed by atoms with E-state index in [1.807, 2.05) is 0 Å². The summed E-state index contributed by atoms with van der Waals surface area (Å²) in [5.74, 6) is -7.66. The molecule has 10 saturated heterocycles. The highest BCUT2D eigenvalue weighted by atomic mass is 35.5. The first-order chi connectivity index (χ1) is 43.8. The van der Waals surface area contributed by atoms with Gasteiger partial charge in [0.1, 0.15) is 102 Å². The summed E-state index contributed by atoms with van der Waals surface area (Å²) in [6.07, 6.45) is -35.8. The molecule has 2 spiro atoms. The molecular weight excluding hydrogens is 1290 g/mol. The van der Waals surface area contributed by atoms with Crippen molar-refractivity contribution in [2.24, 2.45) is 5.92 Å². The molecule has 34 heteroatoms. The summed E-state index contributed by atoms with van der Waals surface area (Å²) in [4.78, 5) is 26.7. The van der Waals surface area contributed by atoms with Gasteiger partial charge in [0, 0.05) is 27.1 Å². The highest BCUT2D eigenvalue weighted by Gasteiger charge is 2.73. The van der Waals surface area contributed by atoms with Crippen molar-refractivity contribution >= 4 is 35.1 Å². The number of methoxy groups -OCH3 is 2. The minimum Gasteiger partial charge on any atom is -0.505 e. The number of halogens is 2. The molecule has 10 aliphatic rings. The van der Waals surface area contributed by atoms with E-state index in [0.717, 1.165) is 0 Å². The molecule has 1 aromatic carbocycles. The zero-order valence-corrected chi connectivity index (χ0v) is 54.7. The van der Waals surface area contributed by atoms with E-state index in [-0.39, 0.29) is 49.9 Å². The van der Waals surface area contributed by atoms with Crippen LogP contribution < -0.4 is 0 Å². The van der Waals surface area contributed by atoms with Gasteiger partial charge in [-0.3, -0.25) is 4.79 Å². The van der Waals surface area contributed by atoms with Crippen molar-refractivity contribution < 1.29 is 155 Å². The third-order valence-electron chi connectivity index (χ3n) is 19.1. The third kappa shape index (κ3) is 13.1. The highest BCUT2D eigenvalue weighted by Crippen LogP contribution is 2.53. The molecule has 0 aliphatic carbocycles. The Bertz CT molecular complexity index is 2770. The van der Waals surface area contributed by atoms with Crippen LogP contribution in [0.5, 0.6) is 11.5 Å². The molecule has 0 amide bonds. The molecule has 0 saturated carbocycles. The van der Waals surface area contributed by atoms with E-state index in [4.69, 9.17) is 123 Å². The van der Waals surface area contributed by atoms with Crippen LogP contribution in [0.1, 0.15) is 97.5 Å². The molecule has 10 fully saturated rings. The lowest BCUT2D eigenvalue weighted by molar-refractivity contribution is -0.439. The Morgan fingerprint density at radius 2 is 1.34 bits per heavy atom. The summed E-state index contributed by atoms with van der Waals surface area (Å²) in [7, 11) is 2.65. The maximum Gasteiger partial charge on any atom is 0.342 e. The van der Waals surface area contributed by atoms with Crippen molar-refractivity contribution in [2.45, 2.75) is 283 Å². The van der Waals surface area contributed by atoms with Crippen LogP contribution in [0.4, 0.5) is 0 Å². The number of benzene rings is 1. The molecule has 10 heterocycles. The van der Waals surface area contributed by atoms with Crippen LogP contribution in [0.2, 0.25) is 10.0 Å². The Hall–Kier alpha value is -2.70. The molecule has 0 aromatic heterocycles. The molecular formula is C59H86Cl2O32. The summed E-state index contributed by atoms with van der Waals surface area (Å²) < 4.78 is 130. The average Bonchev–Trinajstić information content (AvgIpc) is 1.59. The second-order valence-electron chi connectivity index (χ2n) is 26.0. The Morgan fingerprint density at radius 1 is 0.645 bits per heavy atom. The second kappa shape index (κ2) is 27.4. The monoisotopic (exact) mass is 1380 g/mol. The van der Waals surface area contributed by atoms with Crippen LogP contribution in [-0.2, 0) is 104 Å². The number of rotatable bonds is 16. The van der Waals surface area contributed by atoms with Gasteiger partial charge in [-0.15, -0.1) is 0 Å². The van der Waals surface area contributed by atoms with Crippen molar-refractivity contribution in [3.63, 3.8) is 0 Å². The predicted octanol–water partition coefficient (Wildman–Crippen LogP) is -0.113. The SMILES string of the molecule is COC[C@H]1O[C@@H](O[C@H]2OC[C@@H]3O[C@]4(O[C@H]3[C@H]2OC(=O)C(C)C)O[C@H](C)[C@@](O)(C(C)O)[C@@H]2OCO[C@H]24)[C@@H](OC)[C@@H](O)[C@@H]1O[C@@H]1O[C@H](C)[C@H](O)[C@H](O[C@H]2C[C@@]3(C)OC4(C[C@@H](O)[C@H](O[C@H]5C[C@@H](O)[C@H](OC(=O)c6c(C)c(Cl)c(O)c(Cl)c6O)[C@@H](C)O5)[C@@H](C)O4)O[C@@H]3[C@@H](C)O2)[C@H]1O. The van der Waals surface area contributed by atoms with Crippen molar-refractivity contribution in [3.8, 4) is 11.5 Å². The van der Waals surface area contributed by atoms with Crippen molar-refractivity contribution in [2.75, 3.05) is 34.2 Å². The quantitative estimate of drug-likeness (QED) is 0.0975. The van der Waals surface area contributed by atoms with Crippen LogP contribution in [0.15, 0.2) is 0 Å². The van der Waals surface area contributed by atoms with Crippen molar-refractivity contribution in [3.05, 3.63) is 21.2 Å². The van der Waals surface area contributed by atoms with E-state index in [1.165, 1.54) is 48.8 Å². The number of aromatic hydroxyl groups is 2. The molecule has 9 N–H and O–H groups in total. The number of hydrogen-bond acceptors (Lipinski definition) is 32. The van der Waals surface area contributed by atoms with Crippen LogP contribution in [0.3, 0.4) is 0 Å². The molecule has 1 aromatic rings. The number of carbonyl (C=O) groups is 2. The average molecular weight is 1380 g/mol. The van der Waals surface area contributed by atoms with Gasteiger partial charge in [0.15, 0.2) is 55.0 Å². The Morgan fingerprint density at radius 3 is 2.01 bits per heavy atom. The van der Waals surface area contributed by atoms with E-state index in [1.54, 1.807) is 34.6 Å². The van der Waals surface area contributed by atoms with E-state index in [0.29, 0.717) is 0 Å². The number of fused-ring (bicyclic) bond motifs is 4. The van der Waals surface area contributed by atoms with E-state index < -0.39 is 235 Å². The molecule has 528 valence electrons. The standard InChI is InChI=1S/C59H86Cl2O32/c1-19(2)51(70)85-47-44-30(90-59(91-44)50-49(76-18-77-50)58(72,25(8)62)26(9)89-59)17-75-54(47)87-55-46(74-12)39(68)43(29(81-55)16-73-11)86-53-40(69)45(36(65)21(4)80-53)83-32-15-56(10)48(24(7)79-32)92-57(93-56)14-28(64)42(23(6)88-57)82-31-13-27(63)41(22(5)78-31)84-52(71)33-20(3)34(60)38(67)35(61)37(33)66/h19,21-32,36,39-50,53-55,62-69,72H,13-18H2,1-12H3/t21-,22-,23-,24-,25?,26-,27-,28-,29-,30+,31+,32+,36+,39+,40-,41-,42-,43-,44-,45+,46+,47-,48-,49-,50-,53+,54-,55+,56-,57?,58+,59-/m1/s1. The molecule has 0 radical (unpaired) electrons. The largest absolute Gasteiger partial charge is 0.505 e. The zero-order valence-electron chi connectivity index (χ0n) is 53.2. The molecule has 11 rings (SSSR count). The van der Waals surface area contributed by atoms with Gasteiger partial charge >= 0.3 is 17.9 Å². The fraction of sp³-hybridized carbons (Fsp3) is 0.864. The first-order valence-electron chi connectivity index (χ1n) is 31.1. The summed E-state index contributed by atoms with van der Waals surface area (Å²) >= 11 is 12.1. The van der Waals surface area contributed by atoms with Gasteiger partial charge in [-0.2, -0.15) is 0 Å². The second-order valence-corrected chi connectivity index (χ2v) is 26.8. The normalized spacial score (nSPS) is 48.5. The van der Waals surface area contributed by atoms with E-state index in [2.05, 4.69) is 0 Å². The summed E-state index contributed by atoms with van der Waals surface area (Å²) in [5.41, 5.74) is -3.60. The summed E-state index contributed by atoms with van der Waals surface area (Å²) in [5, 5.41) is 101. The Balaban J connectivity index is 0.715. The van der Waals surface area contributed by atoms with Gasteiger partial charge in [-0.25, -0.2) is 4.79 Å². The maximum absolute atomic E-state index is 13.4. The lowest BCUT2D eigenvalue weighted by Crippen LogP contribution is -2.72. The Kier molecular flexibility index (Phi) is 21.1. The van der Waals surface area contributed by atoms with Gasteiger partial charge in [0.2, 0.25) is 6.29 Å². The smallest absolute Gasteiger partial charge is 0.342 e.